The quantitative estimate of drug-likeness (QED) is 0.129. The van der Waals surface area contributed by atoms with Crippen LogP contribution in [0.5, 0.6) is 0 Å². The first-order valence-electron chi connectivity index (χ1n) is 35.1. The predicted molar refractivity (Wildman–Crippen MR) is 422 cm³/mol. The van der Waals surface area contributed by atoms with Crippen LogP contribution in [-0.2, 0) is 5.41 Å². The van der Waals surface area contributed by atoms with Crippen LogP contribution in [0.3, 0.4) is 0 Å². The Morgan fingerprint density at radius 2 is 0.554 bits per heavy atom. The molecule has 23 rings (SSSR count). The molecular weight excluding hydrogens is 1220 g/mol. The summed E-state index contributed by atoms with van der Waals surface area (Å²) < 4.78 is 0. The molecule has 8 nitrogen and oxygen atoms in total. The SMILES string of the molecule is [C-]#[N+]c1c2c3c4c5c1N(c1ccccc1)c1cc6c(cc1B5c1ccccc1N4c1ccccc1B3c1ccccc1N2c1ccccc1)-c1cc2c(cc1C6(C)C)N(c1ccccc1)c1c(C#N)c3c4c5c1B2c1ccccc1N5c1ccccc1B4c1ccccc1N3c1ccccc1. The van der Waals surface area contributed by atoms with Gasteiger partial charge in [0.1, 0.15) is 6.07 Å². The fourth-order valence-corrected chi connectivity index (χ4v) is 20.0. The highest BCUT2D eigenvalue weighted by Gasteiger charge is 2.57. The van der Waals surface area contributed by atoms with Crippen molar-refractivity contribution in [1.82, 2.24) is 0 Å². The molecule has 8 aliphatic heterocycles. The van der Waals surface area contributed by atoms with Crippen LogP contribution in [0.4, 0.5) is 108 Å². The maximum absolute atomic E-state index is 12.6. The Morgan fingerprint density at radius 3 is 0.871 bits per heavy atom. The fraction of sp³-hybridized carbons (Fsp3) is 0.0337. The van der Waals surface area contributed by atoms with Gasteiger partial charge in [0.15, 0.2) is 0 Å². The lowest BCUT2D eigenvalue weighted by atomic mass is 9.28. The van der Waals surface area contributed by atoms with E-state index in [1.165, 1.54) is 66.0 Å². The Labute approximate surface area is 587 Å². The van der Waals surface area contributed by atoms with Crippen LogP contribution < -0.4 is 95.0 Å². The zero-order valence-electron chi connectivity index (χ0n) is 55.1. The minimum Gasteiger partial charge on any atom is -0.321 e. The number of hydrogen-bond acceptors (Lipinski definition) is 7. The van der Waals surface area contributed by atoms with E-state index in [1.54, 1.807) is 0 Å². The summed E-state index contributed by atoms with van der Waals surface area (Å²) in [6, 6.07) is 110. The third-order valence-electron chi connectivity index (χ3n) is 23.7. The third-order valence-corrected chi connectivity index (χ3v) is 23.7. The van der Waals surface area contributed by atoms with Gasteiger partial charge in [-0.3, -0.25) is 0 Å². The minimum absolute atomic E-state index is 0.160. The fourth-order valence-electron chi connectivity index (χ4n) is 20.0. The number of rotatable bonds is 4. The molecule has 0 aromatic heterocycles. The molecule has 0 unspecified atom stereocenters. The van der Waals surface area contributed by atoms with Crippen LogP contribution in [0.1, 0.15) is 30.5 Å². The molecule has 8 heterocycles. The molecule has 14 aromatic rings. The summed E-state index contributed by atoms with van der Waals surface area (Å²) in [6.07, 6.45) is 0. The monoisotopic (exact) mass is 1280 g/mol. The van der Waals surface area contributed by atoms with Gasteiger partial charge in [0.2, 0.25) is 19.1 Å². The number of para-hydroxylation sites is 10. The lowest BCUT2D eigenvalue weighted by Gasteiger charge is -2.51. The van der Waals surface area contributed by atoms with Gasteiger partial charge in [-0.1, -0.05) is 208 Å². The lowest BCUT2D eigenvalue weighted by Crippen LogP contribution is -2.69. The van der Waals surface area contributed by atoms with Crippen molar-refractivity contribution in [2.24, 2.45) is 0 Å². The molecule has 0 fully saturated rings. The standard InChI is InChI=1S/C89H54B4N8/c1-89(2)60-50-76-68(92-66-40-20-26-46-74(66)100-72-44-24-18-38-64(72)90-62-36-16-22-42-70(62)96(53-28-8-4-9-29-53)83-59(52-94)84(79(92)85(100)78(83)90)98(76)55-32-12-6-13-33-55)48-57(60)58-49-69-77(51-61(58)89)99(56-34-14-7-15-35-56)88-81-86-80-87(82(88)95-3)97(54-30-10-5-11-31-54)71-43-23-17-37-63(71)91(80)65-39-19-25-45-73(65)101(86)75-47-27-21-41-67(75)93(69)81/h4-51H,1-2H3. The van der Waals surface area contributed by atoms with E-state index in [4.69, 9.17) is 4.85 Å². The van der Waals surface area contributed by atoms with Gasteiger partial charge in [-0.05, 0) is 185 Å². The van der Waals surface area contributed by atoms with E-state index in [0.717, 1.165) is 124 Å². The molecule has 0 bridgehead atoms. The van der Waals surface area contributed by atoms with Crippen molar-refractivity contribution in [2.75, 3.05) is 29.4 Å². The first-order valence-corrected chi connectivity index (χ1v) is 35.1. The minimum atomic E-state index is -0.553. The van der Waals surface area contributed by atoms with Gasteiger partial charge in [0.05, 0.1) is 34.9 Å². The normalized spacial score (nSPS) is 14.9. The van der Waals surface area contributed by atoms with E-state index in [-0.39, 0.29) is 26.9 Å². The van der Waals surface area contributed by atoms with E-state index in [9.17, 15) is 11.8 Å². The molecule has 1 aliphatic carbocycles. The predicted octanol–water partition coefficient (Wildman–Crippen LogP) is 13.8. The van der Waals surface area contributed by atoms with E-state index >= 15 is 0 Å². The molecule has 12 heteroatoms. The zero-order valence-corrected chi connectivity index (χ0v) is 55.1. The molecule has 0 spiro atoms. The topological polar surface area (TPSA) is 47.6 Å². The van der Waals surface area contributed by atoms with Crippen LogP contribution in [0.25, 0.3) is 16.0 Å². The van der Waals surface area contributed by atoms with Crippen molar-refractivity contribution in [2.45, 2.75) is 19.3 Å². The number of benzene rings is 14. The molecule has 14 aromatic carbocycles. The molecule has 0 saturated heterocycles. The van der Waals surface area contributed by atoms with Crippen LogP contribution >= 0.6 is 0 Å². The van der Waals surface area contributed by atoms with Crippen molar-refractivity contribution in [3.8, 4) is 17.2 Å². The van der Waals surface area contributed by atoms with Crippen molar-refractivity contribution < 1.29 is 0 Å². The summed E-state index contributed by atoms with van der Waals surface area (Å²) in [5, 5.41) is 12.6. The highest BCUT2D eigenvalue weighted by Crippen LogP contribution is 2.60. The second-order valence-electron chi connectivity index (χ2n) is 28.7. The van der Waals surface area contributed by atoms with Gasteiger partial charge in [-0.2, -0.15) is 5.26 Å². The van der Waals surface area contributed by atoms with Crippen molar-refractivity contribution in [1.29, 1.82) is 5.26 Å². The van der Waals surface area contributed by atoms with Gasteiger partial charge in [0, 0.05) is 85.0 Å². The lowest BCUT2D eigenvalue weighted by molar-refractivity contribution is 0.660. The van der Waals surface area contributed by atoms with Gasteiger partial charge >= 0.3 is 0 Å². The average Bonchev–Trinajstić information content (AvgIpc) is 1.23. The van der Waals surface area contributed by atoms with Crippen molar-refractivity contribution in [3.05, 3.63) is 319 Å². The summed E-state index contributed by atoms with van der Waals surface area (Å²) >= 11 is 0. The maximum Gasteiger partial charge on any atom is 0.252 e. The van der Waals surface area contributed by atoms with Gasteiger partial charge < -0.3 is 29.4 Å². The zero-order chi connectivity index (χ0) is 66.4. The van der Waals surface area contributed by atoms with Gasteiger partial charge in [-0.15, -0.1) is 0 Å². The van der Waals surface area contributed by atoms with Crippen molar-refractivity contribution >= 4 is 200 Å². The molecule has 462 valence electrons. The summed E-state index contributed by atoms with van der Waals surface area (Å²) in [5.74, 6) is 0. The van der Waals surface area contributed by atoms with E-state index in [0.29, 0.717) is 11.3 Å². The summed E-state index contributed by atoms with van der Waals surface area (Å²) in [5.41, 5.74) is 38.7. The second kappa shape index (κ2) is 19.7. The maximum atomic E-state index is 12.6. The summed E-state index contributed by atoms with van der Waals surface area (Å²) in [7, 11) is 0. The first kappa shape index (κ1) is 55.2. The molecule has 0 atom stereocenters. The Balaban J connectivity index is 0.824. The molecule has 0 amide bonds. The highest BCUT2D eigenvalue weighted by atomic mass is 15.2. The van der Waals surface area contributed by atoms with E-state index in [2.05, 4.69) is 341 Å². The Morgan fingerprint density at radius 1 is 0.297 bits per heavy atom. The number of nitriles is 1. The molecule has 9 aliphatic rings. The number of anilines is 18. The number of nitrogens with zero attached hydrogens (tertiary/aromatic N) is 8. The van der Waals surface area contributed by atoms with E-state index < -0.39 is 5.41 Å². The van der Waals surface area contributed by atoms with Crippen molar-refractivity contribution in [3.63, 3.8) is 0 Å². The number of fused-ring (bicyclic) bond motifs is 23. The van der Waals surface area contributed by atoms with Gasteiger partial charge in [0.25, 0.3) is 13.4 Å². The van der Waals surface area contributed by atoms with Crippen LogP contribution in [0.2, 0.25) is 0 Å². The third kappa shape index (κ3) is 6.78. The Hall–Kier alpha value is -12.9. The summed E-state index contributed by atoms with van der Waals surface area (Å²) in [6.45, 7) is 13.8. The Kier molecular flexibility index (Phi) is 10.8. The first-order chi connectivity index (χ1) is 49.9. The molecule has 0 saturated carbocycles. The molecule has 0 radical (unpaired) electrons. The Bertz CT molecular complexity index is 5790. The smallest absolute Gasteiger partial charge is 0.252 e. The van der Waals surface area contributed by atoms with Crippen LogP contribution in [0.15, 0.2) is 291 Å². The van der Waals surface area contributed by atoms with Gasteiger partial charge in [-0.25, -0.2) is 4.85 Å². The number of hydrogen-bond donors (Lipinski definition) is 0. The average molecular weight is 1280 g/mol. The summed E-state index contributed by atoms with van der Waals surface area (Å²) in [4.78, 5) is 19.7. The largest absolute Gasteiger partial charge is 0.321 e. The highest BCUT2D eigenvalue weighted by molar-refractivity contribution is 7.06. The van der Waals surface area contributed by atoms with Crippen LogP contribution in [0, 0.1) is 17.9 Å². The second-order valence-corrected chi connectivity index (χ2v) is 28.7. The molecule has 101 heavy (non-hydrogen) atoms. The van der Waals surface area contributed by atoms with Crippen LogP contribution in [-0.4, -0.2) is 26.9 Å². The van der Waals surface area contributed by atoms with E-state index in [1.807, 2.05) is 0 Å². The molecular formula is C89H54B4N8. The molecule has 0 N–H and O–H groups in total.